The highest BCUT2D eigenvalue weighted by molar-refractivity contribution is 5.83. The van der Waals surface area contributed by atoms with E-state index >= 15 is 0 Å². The molecule has 1 unspecified atom stereocenters. The van der Waals surface area contributed by atoms with Crippen molar-refractivity contribution in [2.75, 3.05) is 13.7 Å². The average Bonchev–Trinajstić information content (AvgIpc) is 2.87. The van der Waals surface area contributed by atoms with Crippen LogP contribution in [0.3, 0.4) is 0 Å². The fourth-order valence-corrected chi connectivity index (χ4v) is 2.59. The second kappa shape index (κ2) is 6.41. The van der Waals surface area contributed by atoms with Crippen molar-refractivity contribution < 1.29 is 14.3 Å². The molecule has 0 aliphatic heterocycles. The second-order valence-electron chi connectivity index (χ2n) is 4.69. The van der Waals surface area contributed by atoms with E-state index in [1.54, 1.807) is 13.2 Å². The third-order valence-electron chi connectivity index (χ3n) is 3.51. The highest BCUT2D eigenvalue weighted by Crippen LogP contribution is 2.39. The Bertz CT molecular complexity index is 459. The Morgan fingerprint density at radius 2 is 2.11 bits per heavy atom. The summed E-state index contributed by atoms with van der Waals surface area (Å²) in [5.41, 5.74) is 2.43. The van der Waals surface area contributed by atoms with E-state index in [4.69, 9.17) is 9.47 Å². The minimum Gasteiger partial charge on any atom is -0.497 e. The Morgan fingerprint density at radius 1 is 1.37 bits per heavy atom. The molecule has 1 fully saturated rings. The van der Waals surface area contributed by atoms with Crippen molar-refractivity contribution in [3.8, 4) is 5.75 Å². The zero-order valence-corrected chi connectivity index (χ0v) is 11.5. The van der Waals surface area contributed by atoms with E-state index in [1.165, 1.54) is 11.1 Å². The van der Waals surface area contributed by atoms with Gasteiger partial charge < -0.3 is 9.47 Å². The lowest BCUT2D eigenvalue weighted by Crippen LogP contribution is -2.03. The first-order valence-electron chi connectivity index (χ1n) is 6.75. The number of allylic oxidation sites excluding steroid dienone is 1. The molecule has 1 aliphatic rings. The first kappa shape index (κ1) is 13.7. The minimum atomic E-state index is -0.224. The number of methoxy groups -OCH3 is 1. The van der Waals surface area contributed by atoms with Crippen molar-refractivity contribution in [1.29, 1.82) is 0 Å². The zero-order chi connectivity index (χ0) is 13.7. The van der Waals surface area contributed by atoms with E-state index in [2.05, 4.69) is 12.1 Å². The van der Waals surface area contributed by atoms with Crippen molar-refractivity contribution in [3.63, 3.8) is 0 Å². The van der Waals surface area contributed by atoms with Gasteiger partial charge in [0.2, 0.25) is 0 Å². The van der Waals surface area contributed by atoms with Crippen molar-refractivity contribution >= 4 is 5.97 Å². The van der Waals surface area contributed by atoms with Gasteiger partial charge >= 0.3 is 5.97 Å². The Kier molecular flexibility index (Phi) is 4.61. The number of esters is 1. The summed E-state index contributed by atoms with van der Waals surface area (Å²) in [4.78, 5) is 11.6. The molecule has 0 saturated heterocycles. The van der Waals surface area contributed by atoms with Gasteiger partial charge in [0.05, 0.1) is 13.7 Å². The predicted octanol–water partition coefficient (Wildman–Crippen LogP) is 3.45. The fourth-order valence-electron chi connectivity index (χ4n) is 2.59. The molecule has 0 spiro atoms. The summed E-state index contributed by atoms with van der Waals surface area (Å²) in [6.45, 7) is 2.25. The van der Waals surface area contributed by atoms with Crippen LogP contribution in [0.25, 0.3) is 0 Å². The number of hydrogen-bond donors (Lipinski definition) is 0. The van der Waals surface area contributed by atoms with Crippen molar-refractivity contribution in [1.82, 2.24) is 0 Å². The molecule has 0 amide bonds. The summed E-state index contributed by atoms with van der Waals surface area (Å²) in [6, 6.07) is 8.09. The maximum absolute atomic E-state index is 11.6. The predicted molar refractivity (Wildman–Crippen MR) is 74.3 cm³/mol. The Hall–Kier alpha value is -1.77. The third-order valence-corrected chi connectivity index (χ3v) is 3.51. The monoisotopic (exact) mass is 260 g/mol. The molecule has 0 radical (unpaired) electrons. The Balaban J connectivity index is 2.15. The Labute approximate surface area is 114 Å². The quantitative estimate of drug-likeness (QED) is 0.614. The largest absolute Gasteiger partial charge is 0.497 e. The van der Waals surface area contributed by atoms with Gasteiger partial charge in [0.15, 0.2) is 0 Å². The van der Waals surface area contributed by atoms with Gasteiger partial charge in [-0.05, 0) is 43.9 Å². The molecule has 0 bridgehead atoms. The smallest absolute Gasteiger partial charge is 0.330 e. The van der Waals surface area contributed by atoms with Crippen LogP contribution in [-0.2, 0) is 9.53 Å². The number of hydrogen-bond acceptors (Lipinski definition) is 3. The van der Waals surface area contributed by atoms with Gasteiger partial charge in [-0.25, -0.2) is 4.79 Å². The van der Waals surface area contributed by atoms with Crippen LogP contribution < -0.4 is 4.74 Å². The van der Waals surface area contributed by atoms with Gasteiger partial charge in [-0.15, -0.1) is 0 Å². The van der Waals surface area contributed by atoms with E-state index < -0.39 is 0 Å². The van der Waals surface area contributed by atoms with Gasteiger partial charge in [0.25, 0.3) is 0 Å². The molecule has 3 heteroatoms. The average molecular weight is 260 g/mol. The lowest BCUT2D eigenvalue weighted by molar-refractivity contribution is -0.137. The van der Waals surface area contributed by atoms with Gasteiger partial charge in [0, 0.05) is 12.0 Å². The highest BCUT2D eigenvalue weighted by atomic mass is 16.5. The molecule has 1 atom stereocenters. The van der Waals surface area contributed by atoms with E-state index in [0.29, 0.717) is 12.5 Å². The summed E-state index contributed by atoms with van der Waals surface area (Å²) < 4.78 is 10.2. The number of ether oxygens (including phenoxy) is 2. The van der Waals surface area contributed by atoms with Crippen LogP contribution in [0.2, 0.25) is 0 Å². The molecule has 102 valence electrons. The van der Waals surface area contributed by atoms with Crippen LogP contribution in [0.15, 0.2) is 35.9 Å². The first-order valence-corrected chi connectivity index (χ1v) is 6.75. The summed E-state index contributed by atoms with van der Waals surface area (Å²) in [7, 11) is 1.66. The van der Waals surface area contributed by atoms with Crippen LogP contribution in [0.4, 0.5) is 0 Å². The van der Waals surface area contributed by atoms with E-state index in [9.17, 15) is 4.79 Å². The molecule has 1 aromatic rings. The number of benzene rings is 1. The van der Waals surface area contributed by atoms with Gasteiger partial charge in [0.1, 0.15) is 5.75 Å². The molecule has 19 heavy (non-hydrogen) atoms. The molecule has 1 saturated carbocycles. The number of carbonyl (C=O) groups excluding carboxylic acids is 1. The Morgan fingerprint density at radius 3 is 2.74 bits per heavy atom. The molecule has 1 aromatic carbocycles. The van der Waals surface area contributed by atoms with Crippen LogP contribution in [0, 0.1) is 0 Å². The van der Waals surface area contributed by atoms with Gasteiger partial charge in [-0.3, -0.25) is 0 Å². The van der Waals surface area contributed by atoms with Crippen LogP contribution >= 0.6 is 0 Å². The molecule has 2 rings (SSSR count). The number of rotatable bonds is 4. The van der Waals surface area contributed by atoms with Crippen molar-refractivity contribution in [3.05, 3.63) is 41.5 Å². The second-order valence-corrected chi connectivity index (χ2v) is 4.69. The highest BCUT2D eigenvalue weighted by Gasteiger charge is 2.23. The number of carbonyl (C=O) groups is 1. The molecule has 0 N–H and O–H groups in total. The van der Waals surface area contributed by atoms with Crippen LogP contribution in [0.5, 0.6) is 5.75 Å². The van der Waals surface area contributed by atoms with Crippen LogP contribution in [-0.4, -0.2) is 19.7 Å². The van der Waals surface area contributed by atoms with Gasteiger partial charge in [-0.1, -0.05) is 17.7 Å². The first-order chi connectivity index (χ1) is 9.24. The third kappa shape index (κ3) is 3.37. The standard InChI is InChI=1S/C16H20O3/c1-3-19-16(17)11-13-5-4-6-15(13)12-7-9-14(18-2)10-8-12/h7-11,15H,3-6H2,1-2H3/b13-11+. The maximum Gasteiger partial charge on any atom is 0.330 e. The molecule has 0 aromatic heterocycles. The molecule has 0 heterocycles. The molecular weight excluding hydrogens is 240 g/mol. The van der Waals surface area contributed by atoms with Gasteiger partial charge in [-0.2, -0.15) is 0 Å². The summed E-state index contributed by atoms with van der Waals surface area (Å²) >= 11 is 0. The summed E-state index contributed by atoms with van der Waals surface area (Å²) in [6.07, 6.45) is 4.88. The summed E-state index contributed by atoms with van der Waals surface area (Å²) in [5, 5.41) is 0. The summed E-state index contributed by atoms with van der Waals surface area (Å²) in [5.74, 6) is 0.978. The van der Waals surface area contributed by atoms with Crippen molar-refractivity contribution in [2.24, 2.45) is 0 Å². The fraction of sp³-hybridized carbons (Fsp3) is 0.438. The molecular formula is C16H20O3. The topological polar surface area (TPSA) is 35.5 Å². The normalized spacial score (nSPS) is 20.5. The van der Waals surface area contributed by atoms with Crippen molar-refractivity contribution in [2.45, 2.75) is 32.1 Å². The lowest BCUT2D eigenvalue weighted by atomic mass is 9.93. The zero-order valence-electron chi connectivity index (χ0n) is 11.5. The molecule has 1 aliphatic carbocycles. The van der Waals surface area contributed by atoms with E-state index in [1.807, 2.05) is 19.1 Å². The maximum atomic E-state index is 11.6. The van der Waals surface area contributed by atoms with E-state index in [-0.39, 0.29) is 5.97 Å². The van der Waals surface area contributed by atoms with Crippen LogP contribution in [0.1, 0.15) is 37.7 Å². The minimum absolute atomic E-state index is 0.224. The SMILES string of the molecule is CCOC(=O)/C=C1\CCCC1c1ccc(OC)cc1. The lowest BCUT2D eigenvalue weighted by Gasteiger charge is -2.13. The van der Waals surface area contributed by atoms with E-state index in [0.717, 1.165) is 25.0 Å². The molecule has 3 nitrogen and oxygen atoms in total.